The standard InChI is InChI=1S/C36H36N4O5S/c1-18-11-21(17-37)12-19(2)31(18)40-34(41)26-15-27-30(45-9-7-22-8-10-46-33(22)27)16-25(26)24-5-6-28(38-32(24)36(43)44)35(42)39-29-14-20-3-4-23(29)13-20/h5-6,8,10-12,15-16,20,23,29H,3-4,7,9,13-14,17,37H2,1-2H3,(H,39,42)(H,40,41)(H,43,44)/t20-,23+,29-/m1/s1. The molecule has 2 aliphatic carbocycles. The Bertz CT molecular complexity index is 1880. The van der Waals surface area contributed by atoms with Gasteiger partial charge in [-0.25, -0.2) is 9.78 Å². The van der Waals surface area contributed by atoms with Gasteiger partial charge in [0.2, 0.25) is 0 Å². The maximum atomic E-state index is 14.2. The van der Waals surface area contributed by atoms with Crippen molar-refractivity contribution in [1.29, 1.82) is 0 Å². The van der Waals surface area contributed by atoms with Crippen molar-refractivity contribution in [2.24, 2.45) is 17.6 Å². The number of carboxylic acid groups (broad SMARTS) is 1. The Morgan fingerprint density at radius 1 is 1.00 bits per heavy atom. The van der Waals surface area contributed by atoms with Gasteiger partial charge in [0.1, 0.15) is 11.4 Å². The van der Waals surface area contributed by atoms with Crippen LogP contribution in [0.15, 0.2) is 47.8 Å². The van der Waals surface area contributed by atoms with Gasteiger partial charge in [-0.3, -0.25) is 9.59 Å². The molecule has 5 N–H and O–H groups in total. The Labute approximate surface area is 271 Å². The molecule has 2 aromatic heterocycles. The highest BCUT2D eigenvalue weighted by molar-refractivity contribution is 7.13. The Morgan fingerprint density at radius 3 is 2.50 bits per heavy atom. The lowest BCUT2D eigenvalue weighted by Crippen LogP contribution is -2.39. The number of ether oxygens (including phenoxy) is 1. The van der Waals surface area contributed by atoms with Crippen LogP contribution >= 0.6 is 11.3 Å². The van der Waals surface area contributed by atoms with E-state index in [4.69, 9.17) is 10.5 Å². The number of carbonyl (C=O) groups is 3. The van der Waals surface area contributed by atoms with Gasteiger partial charge in [-0.2, -0.15) is 0 Å². The summed E-state index contributed by atoms with van der Waals surface area (Å²) in [5.41, 5.74) is 11.7. The number of fused-ring (bicyclic) bond motifs is 5. The van der Waals surface area contributed by atoms with Crippen molar-refractivity contribution in [2.45, 2.75) is 58.5 Å². The zero-order valence-corrected chi connectivity index (χ0v) is 26.6. The summed E-state index contributed by atoms with van der Waals surface area (Å²) in [6.07, 6.45) is 5.11. The van der Waals surface area contributed by atoms with E-state index in [1.807, 2.05) is 31.4 Å². The summed E-state index contributed by atoms with van der Waals surface area (Å²) in [4.78, 5) is 45.5. The zero-order chi connectivity index (χ0) is 32.1. The van der Waals surface area contributed by atoms with Gasteiger partial charge in [-0.1, -0.05) is 18.6 Å². The quantitative estimate of drug-likeness (QED) is 0.185. The molecule has 236 valence electrons. The lowest BCUT2D eigenvalue weighted by atomic mass is 9.93. The number of benzene rings is 2. The summed E-state index contributed by atoms with van der Waals surface area (Å²) >= 11 is 1.57. The summed E-state index contributed by atoms with van der Waals surface area (Å²) in [5.74, 6) is -0.404. The largest absolute Gasteiger partial charge is 0.493 e. The number of pyridine rings is 1. The molecule has 0 spiro atoms. The average Bonchev–Trinajstić information content (AvgIpc) is 3.78. The topological polar surface area (TPSA) is 144 Å². The molecule has 0 unspecified atom stereocenters. The first-order chi connectivity index (χ1) is 22.2. The van der Waals surface area contributed by atoms with E-state index < -0.39 is 11.9 Å². The summed E-state index contributed by atoms with van der Waals surface area (Å²) in [6, 6.07) is 12.7. The molecule has 2 amide bonds. The number of nitrogens with two attached hydrogens (primary N) is 1. The van der Waals surface area contributed by atoms with Crippen LogP contribution in [0.1, 0.15) is 79.3 Å². The fourth-order valence-corrected chi connectivity index (χ4v) is 8.48. The second-order valence-corrected chi connectivity index (χ2v) is 13.6. The van der Waals surface area contributed by atoms with Crippen molar-refractivity contribution in [1.82, 2.24) is 10.3 Å². The van der Waals surface area contributed by atoms with Crippen LogP contribution in [0.4, 0.5) is 5.69 Å². The van der Waals surface area contributed by atoms with Crippen molar-refractivity contribution in [3.8, 4) is 27.3 Å². The molecule has 9 nitrogen and oxygen atoms in total. The van der Waals surface area contributed by atoms with Gasteiger partial charge >= 0.3 is 5.97 Å². The summed E-state index contributed by atoms with van der Waals surface area (Å²) in [7, 11) is 0. The first-order valence-corrected chi connectivity index (χ1v) is 16.6. The first-order valence-electron chi connectivity index (χ1n) is 15.7. The number of aryl methyl sites for hydroxylation is 2. The number of rotatable bonds is 7. The second-order valence-electron chi connectivity index (χ2n) is 12.7. The number of aromatic carboxylic acids is 1. The number of thiophene rings is 1. The van der Waals surface area contributed by atoms with Crippen molar-refractivity contribution < 1.29 is 24.2 Å². The lowest BCUT2D eigenvalue weighted by molar-refractivity contribution is 0.0691. The number of carbonyl (C=O) groups excluding carboxylic acids is 2. The highest BCUT2D eigenvalue weighted by atomic mass is 32.1. The number of aromatic nitrogens is 1. The van der Waals surface area contributed by atoms with Crippen LogP contribution < -0.4 is 21.1 Å². The molecular formula is C36H36N4O5S. The molecule has 2 bridgehead atoms. The molecular weight excluding hydrogens is 600 g/mol. The third-order valence-electron chi connectivity index (χ3n) is 9.73. The predicted octanol–water partition coefficient (Wildman–Crippen LogP) is 6.36. The molecule has 3 aliphatic rings. The maximum absolute atomic E-state index is 14.2. The van der Waals surface area contributed by atoms with Crippen LogP contribution in [0.25, 0.3) is 21.6 Å². The van der Waals surface area contributed by atoms with Crippen LogP contribution in [0, 0.1) is 25.7 Å². The number of nitrogens with zero attached hydrogens (tertiary/aromatic N) is 1. The van der Waals surface area contributed by atoms with Gasteiger partial charge < -0.3 is 26.2 Å². The predicted molar refractivity (Wildman–Crippen MR) is 178 cm³/mol. The van der Waals surface area contributed by atoms with E-state index in [2.05, 4.69) is 21.7 Å². The Kier molecular flexibility index (Phi) is 7.86. The summed E-state index contributed by atoms with van der Waals surface area (Å²) < 4.78 is 6.16. The van der Waals surface area contributed by atoms with E-state index in [0.29, 0.717) is 48.4 Å². The van der Waals surface area contributed by atoms with Gasteiger partial charge in [-0.05, 0) is 103 Å². The van der Waals surface area contributed by atoms with Gasteiger partial charge in [0.25, 0.3) is 11.8 Å². The Hall–Kier alpha value is -4.54. The first kappa shape index (κ1) is 30.1. The number of hydrogen-bond donors (Lipinski definition) is 4. The smallest absolute Gasteiger partial charge is 0.355 e. The Morgan fingerprint density at radius 2 is 1.80 bits per heavy atom. The minimum Gasteiger partial charge on any atom is -0.493 e. The molecule has 2 aromatic carbocycles. The minimum absolute atomic E-state index is 0.0374. The third kappa shape index (κ3) is 5.45. The van der Waals surface area contributed by atoms with Crippen LogP contribution in [-0.4, -0.2) is 40.5 Å². The summed E-state index contributed by atoms with van der Waals surface area (Å²) in [5, 5.41) is 18.5. The number of hydrogen-bond acceptors (Lipinski definition) is 7. The van der Waals surface area contributed by atoms with Gasteiger partial charge in [-0.15, -0.1) is 11.3 Å². The molecule has 3 atom stereocenters. The molecule has 4 aromatic rings. The van der Waals surface area contributed by atoms with Crippen molar-refractivity contribution in [3.05, 3.63) is 87.0 Å². The van der Waals surface area contributed by atoms with E-state index in [1.54, 1.807) is 29.5 Å². The summed E-state index contributed by atoms with van der Waals surface area (Å²) in [6.45, 7) is 4.66. The lowest BCUT2D eigenvalue weighted by Gasteiger charge is -2.23. The number of amides is 2. The van der Waals surface area contributed by atoms with E-state index in [9.17, 15) is 19.5 Å². The third-order valence-corrected chi connectivity index (χ3v) is 10.7. The fourth-order valence-electron chi connectivity index (χ4n) is 7.51. The number of carboxylic acids is 1. The molecule has 1 aliphatic heterocycles. The highest BCUT2D eigenvalue weighted by Crippen LogP contribution is 2.45. The van der Waals surface area contributed by atoms with Crippen molar-refractivity contribution in [3.63, 3.8) is 0 Å². The molecule has 7 rings (SSSR count). The molecule has 10 heteroatoms. The molecule has 3 heterocycles. The maximum Gasteiger partial charge on any atom is 0.355 e. The van der Waals surface area contributed by atoms with Crippen LogP contribution in [0.3, 0.4) is 0 Å². The minimum atomic E-state index is -1.30. The monoisotopic (exact) mass is 636 g/mol. The molecule has 0 saturated heterocycles. The van der Waals surface area contributed by atoms with E-state index in [1.165, 1.54) is 12.5 Å². The van der Waals surface area contributed by atoms with E-state index >= 15 is 0 Å². The van der Waals surface area contributed by atoms with Gasteiger partial charge in [0.05, 0.1) is 6.61 Å². The van der Waals surface area contributed by atoms with Gasteiger partial charge in [0, 0.05) is 51.8 Å². The van der Waals surface area contributed by atoms with Crippen LogP contribution in [0.2, 0.25) is 0 Å². The molecule has 0 radical (unpaired) electrons. The number of nitrogens with one attached hydrogen (secondary N) is 2. The van der Waals surface area contributed by atoms with Crippen LogP contribution in [0.5, 0.6) is 5.75 Å². The van der Waals surface area contributed by atoms with Crippen LogP contribution in [-0.2, 0) is 13.0 Å². The van der Waals surface area contributed by atoms with Gasteiger partial charge in [0.15, 0.2) is 5.69 Å². The fraction of sp³-hybridized carbons (Fsp3) is 0.333. The Balaban J connectivity index is 1.31. The SMILES string of the molecule is Cc1cc(CN)cc(C)c1NC(=O)c1cc2c(cc1-c1ccc(C(=O)N[C@@H]3C[C@@H]4CC[C@H]3C4)nc1C(=O)O)OCCc1ccsc1-2. The van der Waals surface area contributed by atoms with Crippen molar-refractivity contribution in [2.75, 3.05) is 11.9 Å². The van der Waals surface area contributed by atoms with Crippen molar-refractivity contribution >= 4 is 34.8 Å². The normalized spacial score (nSPS) is 19.5. The van der Waals surface area contributed by atoms with E-state index in [-0.39, 0.29) is 34.5 Å². The molecule has 2 fully saturated rings. The highest BCUT2D eigenvalue weighted by Gasteiger charge is 2.40. The zero-order valence-electron chi connectivity index (χ0n) is 25.8. The van der Waals surface area contributed by atoms with E-state index in [0.717, 1.165) is 52.0 Å². The average molecular weight is 637 g/mol. The second kappa shape index (κ2) is 12.0. The molecule has 46 heavy (non-hydrogen) atoms. The molecule has 2 saturated carbocycles. The number of anilines is 1.